The molecule has 2 heteroatoms. The zero-order valence-corrected chi connectivity index (χ0v) is 8.45. The molecule has 0 heterocycles. The molecule has 0 N–H and O–H groups in total. The van der Waals surface area contributed by atoms with Gasteiger partial charge in [0.2, 0.25) is 0 Å². The van der Waals surface area contributed by atoms with Crippen LogP contribution < -0.4 is 0 Å². The Balaban J connectivity index is 2.22. The second kappa shape index (κ2) is 3.46. The molecule has 2 bridgehead atoms. The Morgan fingerprint density at radius 3 is 2.29 bits per heavy atom. The molecule has 0 amide bonds. The lowest BCUT2D eigenvalue weighted by Gasteiger charge is -2.22. The maximum atomic E-state index is 8.80. The highest BCUT2D eigenvalue weighted by atomic mass is 14.5. The zero-order chi connectivity index (χ0) is 10.1. The molecule has 2 aliphatic carbocycles. The minimum Gasteiger partial charge on any atom is -0.192 e. The molecule has 72 valence electrons. The molecule has 2 nitrogen and oxygen atoms in total. The van der Waals surface area contributed by atoms with Gasteiger partial charge in [-0.15, -0.1) is 0 Å². The number of hydrogen-bond donors (Lipinski definition) is 0. The number of rotatable bonds is 1. The maximum Gasteiger partial charge on any atom is 0.128 e. The Hall–Kier alpha value is -1.28. The lowest BCUT2D eigenvalue weighted by atomic mass is 9.82. The molecule has 0 spiro atoms. The van der Waals surface area contributed by atoms with Crippen LogP contribution in [0, 0.1) is 40.4 Å². The van der Waals surface area contributed by atoms with Crippen LogP contribution in [0.4, 0.5) is 0 Å². The van der Waals surface area contributed by atoms with Gasteiger partial charge in [0.25, 0.3) is 0 Å². The summed E-state index contributed by atoms with van der Waals surface area (Å²) in [5.74, 6) is 2.17. The van der Waals surface area contributed by atoms with Crippen LogP contribution in [0.3, 0.4) is 0 Å². The third-order valence-electron chi connectivity index (χ3n) is 3.91. The van der Waals surface area contributed by atoms with Crippen molar-refractivity contribution in [2.75, 3.05) is 0 Å². The van der Waals surface area contributed by atoms with E-state index >= 15 is 0 Å². The molecule has 0 saturated heterocycles. The number of fused-ring (bicyclic) bond motifs is 2. The molecular formula is C12H14N2. The first-order valence-corrected chi connectivity index (χ1v) is 5.27. The third-order valence-corrected chi connectivity index (χ3v) is 3.91. The second-order valence-corrected chi connectivity index (χ2v) is 4.56. The molecule has 2 fully saturated rings. The van der Waals surface area contributed by atoms with Gasteiger partial charge in [0.15, 0.2) is 0 Å². The van der Waals surface area contributed by atoms with Gasteiger partial charge in [-0.2, -0.15) is 10.5 Å². The molecule has 0 aromatic heterocycles. The van der Waals surface area contributed by atoms with Crippen LogP contribution >= 0.6 is 0 Å². The summed E-state index contributed by atoms with van der Waals surface area (Å²) in [6.07, 6.45) is 5.20. The van der Waals surface area contributed by atoms with E-state index in [1.807, 2.05) is 19.1 Å². The standard InChI is InChI=1S/C12H14N2/c1-8(11(6-13)7-14)12-5-9-2-3-10(12)4-9/h9-10,12H,2-5H2,1H3. The molecule has 2 rings (SSSR count). The van der Waals surface area contributed by atoms with Crippen molar-refractivity contribution < 1.29 is 0 Å². The van der Waals surface area contributed by atoms with Crippen LogP contribution in [0.1, 0.15) is 32.6 Å². The van der Waals surface area contributed by atoms with Crippen LogP contribution in [0.15, 0.2) is 11.1 Å². The summed E-state index contributed by atoms with van der Waals surface area (Å²) < 4.78 is 0. The number of nitriles is 2. The van der Waals surface area contributed by atoms with Crippen molar-refractivity contribution in [3.8, 4) is 12.1 Å². The molecule has 2 aliphatic rings. The largest absolute Gasteiger partial charge is 0.192 e. The first-order valence-electron chi connectivity index (χ1n) is 5.27. The molecule has 0 aliphatic heterocycles. The highest BCUT2D eigenvalue weighted by molar-refractivity contribution is 5.40. The first-order chi connectivity index (χ1) is 6.76. The monoisotopic (exact) mass is 186 g/mol. The summed E-state index contributed by atoms with van der Waals surface area (Å²) in [7, 11) is 0. The van der Waals surface area contributed by atoms with E-state index in [2.05, 4.69) is 0 Å². The van der Waals surface area contributed by atoms with E-state index in [1.54, 1.807) is 0 Å². The van der Waals surface area contributed by atoms with Gasteiger partial charge in [0, 0.05) is 0 Å². The lowest BCUT2D eigenvalue weighted by Crippen LogP contribution is -2.12. The van der Waals surface area contributed by atoms with Crippen molar-refractivity contribution in [3.05, 3.63) is 11.1 Å². The van der Waals surface area contributed by atoms with E-state index in [0.29, 0.717) is 11.5 Å². The minimum atomic E-state index is 0.350. The average Bonchev–Trinajstić information content (AvgIpc) is 2.80. The fourth-order valence-corrected chi connectivity index (χ4v) is 3.16. The molecule has 3 unspecified atom stereocenters. The van der Waals surface area contributed by atoms with E-state index in [0.717, 1.165) is 17.4 Å². The topological polar surface area (TPSA) is 47.6 Å². The third kappa shape index (κ3) is 1.32. The maximum absolute atomic E-state index is 8.80. The summed E-state index contributed by atoms with van der Waals surface area (Å²) in [6.45, 7) is 1.97. The SMILES string of the molecule is CC(=C(C#N)C#N)C1CC2CCC1C2. The minimum absolute atomic E-state index is 0.350. The van der Waals surface area contributed by atoms with Gasteiger partial charge in [-0.05, 0) is 49.5 Å². The van der Waals surface area contributed by atoms with Gasteiger partial charge in [0.05, 0.1) is 0 Å². The van der Waals surface area contributed by atoms with E-state index in [4.69, 9.17) is 10.5 Å². The van der Waals surface area contributed by atoms with Crippen molar-refractivity contribution in [2.45, 2.75) is 32.6 Å². The highest BCUT2D eigenvalue weighted by Gasteiger charge is 2.40. The Morgan fingerprint density at radius 2 is 1.86 bits per heavy atom. The predicted molar refractivity (Wildman–Crippen MR) is 52.9 cm³/mol. The fraction of sp³-hybridized carbons (Fsp3) is 0.667. The van der Waals surface area contributed by atoms with E-state index in [-0.39, 0.29) is 0 Å². The molecular weight excluding hydrogens is 172 g/mol. The van der Waals surface area contributed by atoms with Gasteiger partial charge in [0.1, 0.15) is 17.7 Å². The fourth-order valence-electron chi connectivity index (χ4n) is 3.16. The van der Waals surface area contributed by atoms with Crippen molar-refractivity contribution in [1.29, 1.82) is 10.5 Å². The quantitative estimate of drug-likeness (QED) is 0.591. The number of hydrogen-bond acceptors (Lipinski definition) is 2. The predicted octanol–water partition coefficient (Wildman–Crippen LogP) is 2.79. The van der Waals surface area contributed by atoms with Crippen molar-refractivity contribution >= 4 is 0 Å². The van der Waals surface area contributed by atoms with Gasteiger partial charge >= 0.3 is 0 Å². The van der Waals surface area contributed by atoms with Crippen LogP contribution in [0.25, 0.3) is 0 Å². The Labute approximate surface area is 84.8 Å². The van der Waals surface area contributed by atoms with Gasteiger partial charge in [-0.25, -0.2) is 0 Å². The smallest absolute Gasteiger partial charge is 0.128 e. The highest BCUT2D eigenvalue weighted by Crippen LogP contribution is 2.51. The van der Waals surface area contributed by atoms with Crippen LogP contribution in [0.5, 0.6) is 0 Å². The van der Waals surface area contributed by atoms with Crippen LogP contribution in [-0.2, 0) is 0 Å². The van der Waals surface area contributed by atoms with Crippen molar-refractivity contribution in [2.24, 2.45) is 17.8 Å². The summed E-state index contributed by atoms with van der Waals surface area (Å²) in [5.41, 5.74) is 1.39. The zero-order valence-electron chi connectivity index (χ0n) is 8.45. The number of nitrogens with zero attached hydrogens (tertiary/aromatic N) is 2. The molecule has 14 heavy (non-hydrogen) atoms. The normalized spacial score (nSPS) is 33.5. The average molecular weight is 186 g/mol. The molecule has 0 aromatic rings. The molecule has 2 saturated carbocycles. The Bertz CT molecular complexity index is 337. The van der Waals surface area contributed by atoms with E-state index < -0.39 is 0 Å². The Morgan fingerprint density at radius 1 is 1.14 bits per heavy atom. The summed E-state index contributed by atoms with van der Waals surface area (Å²) in [6, 6.07) is 4.01. The molecule has 3 atom stereocenters. The Kier molecular flexibility index (Phi) is 2.30. The summed E-state index contributed by atoms with van der Waals surface area (Å²) in [4.78, 5) is 0. The molecule has 0 aromatic carbocycles. The van der Waals surface area contributed by atoms with Gasteiger partial charge in [-0.3, -0.25) is 0 Å². The summed E-state index contributed by atoms with van der Waals surface area (Å²) in [5, 5.41) is 17.6. The van der Waals surface area contributed by atoms with Crippen LogP contribution in [-0.4, -0.2) is 0 Å². The second-order valence-electron chi connectivity index (χ2n) is 4.56. The van der Waals surface area contributed by atoms with Gasteiger partial charge < -0.3 is 0 Å². The number of allylic oxidation sites excluding steroid dienone is 2. The van der Waals surface area contributed by atoms with Crippen molar-refractivity contribution in [3.63, 3.8) is 0 Å². The first kappa shape index (κ1) is 9.28. The van der Waals surface area contributed by atoms with E-state index in [1.165, 1.54) is 25.7 Å². The summed E-state index contributed by atoms with van der Waals surface area (Å²) >= 11 is 0. The van der Waals surface area contributed by atoms with E-state index in [9.17, 15) is 0 Å². The van der Waals surface area contributed by atoms with Crippen molar-refractivity contribution in [1.82, 2.24) is 0 Å². The lowest BCUT2D eigenvalue weighted by molar-refractivity contribution is 0.377. The van der Waals surface area contributed by atoms with Crippen LogP contribution in [0.2, 0.25) is 0 Å². The molecule has 0 radical (unpaired) electrons. The van der Waals surface area contributed by atoms with Gasteiger partial charge in [-0.1, -0.05) is 6.42 Å².